The molecule has 0 unspecified atom stereocenters. The molecule has 4 rings (SSSR count). The van der Waals surface area contributed by atoms with E-state index < -0.39 is 5.97 Å². The van der Waals surface area contributed by atoms with Gasteiger partial charge in [0.1, 0.15) is 5.82 Å². The first kappa shape index (κ1) is 14.2. The van der Waals surface area contributed by atoms with Gasteiger partial charge in [-0.15, -0.1) is 0 Å². The van der Waals surface area contributed by atoms with Crippen LogP contribution in [0.3, 0.4) is 0 Å². The van der Waals surface area contributed by atoms with Crippen LogP contribution in [-0.2, 0) is 17.6 Å². The highest BCUT2D eigenvalue weighted by Crippen LogP contribution is 2.41. The Morgan fingerprint density at radius 2 is 2.09 bits per heavy atom. The minimum Gasteiger partial charge on any atom is -0.464 e. The van der Waals surface area contributed by atoms with E-state index in [1.807, 2.05) is 0 Å². The maximum atomic E-state index is 11.4. The summed E-state index contributed by atoms with van der Waals surface area (Å²) in [5.74, 6) is 1.000. The molecule has 0 aromatic carbocycles. The average Bonchev–Trinajstić information content (AvgIpc) is 3.39. The Labute approximate surface area is 134 Å². The summed E-state index contributed by atoms with van der Waals surface area (Å²) < 4.78 is 4.65. The normalized spacial score (nSPS) is 17.5. The maximum absolute atomic E-state index is 11.4. The monoisotopic (exact) mass is 313 g/mol. The highest BCUT2D eigenvalue weighted by molar-refractivity contribution is 5.86. The second-order valence-corrected chi connectivity index (χ2v) is 6.08. The number of hydrogen-bond donors (Lipinski definition) is 1. The van der Waals surface area contributed by atoms with Gasteiger partial charge >= 0.3 is 5.97 Å². The molecule has 2 aromatic rings. The number of ether oxygens (including phenoxy) is 1. The lowest BCUT2D eigenvalue weighted by Crippen LogP contribution is -2.27. The van der Waals surface area contributed by atoms with Crippen LogP contribution in [0.2, 0.25) is 0 Å². The zero-order chi connectivity index (χ0) is 15.8. The zero-order valence-corrected chi connectivity index (χ0v) is 13.1. The molecular formula is C16H19N5O2. The molecule has 0 spiro atoms. The van der Waals surface area contributed by atoms with Gasteiger partial charge < -0.3 is 9.64 Å². The number of H-pyrrole nitrogens is 1. The summed E-state index contributed by atoms with van der Waals surface area (Å²) in [6, 6.07) is 0. The minimum atomic E-state index is -0.463. The number of carbonyl (C=O) groups is 1. The van der Waals surface area contributed by atoms with Crippen molar-refractivity contribution in [1.82, 2.24) is 20.2 Å². The van der Waals surface area contributed by atoms with E-state index in [1.165, 1.54) is 43.1 Å². The van der Waals surface area contributed by atoms with Crippen molar-refractivity contribution >= 4 is 11.8 Å². The van der Waals surface area contributed by atoms with E-state index in [4.69, 9.17) is 0 Å². The topological polar surface area (TPSA) is 84.0 Å². The lowest BCUT2D eigenvalue weighted by atomic mass is 10.1. The Bertz CT molecular complexity index is 721. The average molecular weight is 313 g/mol. The van der Waals surface area contributed by atoms with Crippen LogP contribution < -0.4 is 4.90 Å². The summed E-state index contributed by atoms with van der Waals surface area (Å²) in [4.78, 5) is 22.2. The minimum absolute atomic E-state index is 0.233. The zero-order valence-electron chi connectivity index (χ0n) is 13.1. The van der Waals surface area contributed by atoms with Gasteiger partial charge in [0.05, 0.1) is 25.2 Å². The van der Waals surface area contributed by atoms with Crippen LogP contribution in [-0.4, -0.2) is 46.3 Å². The summed E-state index contributed by atoms with van der Waals surface area (Å²) in [5, 5.41) is 7.73. The third-order valence-electron chi connectivity index (χ3n) is 4.57. The van der Waals surface area contributed by atoms with E-state index >= 15 is 0 Å². The van der Waals surface area contributed by atoms with Gasteiger partial charge in [0, 0.05) is 31.1 Å². The van der Waals surface area contributed by atoms with Gasteiger partial charge in [-0.05, 0) is 24.8 Å². The summed E-state index contributed by atoms with van der Waals surface area (Å²) in [6.07, 6.45) is 7.55. The molecule has 1 fully saturated rings. The van der Waals surface area contributed by atoms with Gasteiger partial charge in [0.2, 0.25) is 0 Å². The number of aromatic nitrogens is 4. The van der Waals surface area contributed by atoms with Crippen LogP contribution in [0.5, 0.6) is 0 Å². The molecule has 7 nitrogen and oxygen atoms in total. The predicted molar refractivity (Wildman–Crippen MR) is 83.6 cm³/mol. The number of fused-ring (bicyclic) bond motifs is 1. The van der Waals surface area contributed by atoms with Crippen molar-refractivity contribution in [2.45, 2.75) is 31.6 Å². The van der Waals surface area contributed by atoms with Gasteiger partial charge in [0.15, 0.2) is 5.69 Å². The molecule has 3 heterocycles. The van der Waals surface area contributed by atoms with E-state index in [1.54, 1.807) is 6.20 Å². The molecule has 2 aromatic heterocycles. The molecule has 0 amide bonds. The number of rotatable bonds is 3. The molecule has 0 radical (unpaired) electrons. The molecule has 0 atom stereocenters. The Morgan fingerprint density at radius 3 is 2.78 bits per heavy atom. The van der Waals surface area contributed by atoms with E-state index in [0.717, 1.165) is 31.7 Å². The van der Waals surface area contributed by atoms with Crippen molar-refractivity contribution in [3.8, 4) is 0 Å². The van der Waals surface area contributed by atoms with Crippen LogP contribution in [0.15, 0.2) is 12.4 Å². The molecule has 1 saturated carbocycles. The molecule has 1 aliphatic carbocycles. The largest absolute Gasteiger partial charge is 0.464 e. The first-order chi connectivity index (χ1) is 11.3. The van der Waals surface area contributed by atoms with Gasteiger partial charge in [-0.2, -0.15) is 5.10 Å². The SMILES string of the molecule is COC(=O)c1cnc(N2CCc3[nH]nc(C4CC4)c3CC2)cn1. The first-order valence-corrected chi connectivity index (χ1v) is 7.97. The van der Waals surface area contributed by atoms with Crippen molar-refractivity contribution in [2.24, 2.45) is 0 Å². The Kier molecular flexibility index (Phi) is 3.48. The van der Waals surface area contributed by atoms with Crippen molar-refractivity contribution in [1.29, 1.82) is 0 Å². The van der Waals surface area contributed by atoms with Gasteiger partial charge in [-0.3, -0.25) is 5.10 Å². The first-order valence-electron chi connectivity index (χ1n) is 7.97. The fraction of sp³-hybridized carbons (Fsp3) is 0.500. The van der Waals surface area contributed by atoms with E-state index in [2.05, 4.69) is 29.8 Å². The van der Waals surface area contributed by atoms with Crippen molar-refractivity contribution in [2.75, 3.05) is 25.1 Å². The number of nitrogens with one attached hydrogen (secondary N) is 1. The number of methoxy groups -OCH3 is 1. The fourth-order valence-electron chi connectivity index (χ4n) is 3.13. The third kappa shape index (κ3) is 2.67. The van der Waals surface area contributed by atoms with Crippen LogP contribution in [0.4, 0.5) is 5.82 Å². The number of nitrogens with zero attached hydrogens (tertiary/aromatic N) is 4. The van der Waals surface area contributed by atoms with Crippen LogP contribution in [0.1, 0.15) is 46.2 Å². The van der Waals surface area contributed by atoms with Crippen LogP contribution in [0, 0.1) is 0 Å². The summed E-state index contributed by atoms with van der Waals surface area (Å²) in [6.45, 7) is 1.75. The quantitative estimate of drug-likeness (QED) is 0.864. The highest BCUT2D eigenvalue weighted by atomic mass is 16.5. The number of esters is 1. The molecule has 120 valence electrons. The summed E-state index contributed by atoms with van der Waals surface area (Å²) in [5.41, 5.74) is 4.16. The van der Waals surface area contributed by atoms with E-state index in [0.29, 0.717) is 5.92 Å². The Morgan fingerprint density at radius 1 is 1.26 bits per heavy atom. The van der Waals surface area contributed by atoms with Gasteiger partial charge in [-0.1, -0.05) is 0 Å². The lowest BCUT2D eigenvalue weighted by molar-refractivity contribution is 0.0593. The van der Waals surface area contributed by atoms with Crippen molar-refractivity contribution < 1.29 is 9.53 Å². The summed E-state index contributed by atoms with van der Waals surface area (Å²) >= 11 is 0. The number of hydrogen-bond acceptors (Lipinski definition) is 6. The van der Waals surface area contributed by atoms with Crippen molar-refractivity contribution in [3.63, 3.8) is 0 Å². The van der Waals surface area contributed by atoms with Crippen LogP contribution >= 0.6 is 0 Å². The standard InChI is InChI=1S/C16H19N5O2/c1-23-16(22)13-8-18-14(9-17-13)21-6-4-11-12(5-7-21)19-20-15(11)10-2-3-10/h8-10H,2-7H2,1H3,(H,19,20). The van der Waals surface area contributed by atoms with E-state index in [-0.39, 0.29) is 5.69 Å². The molecule has 0 saturated heterocycles. The number of carbonyl (C=O) groups excluding carboxylic acids is 1. The molecule has 23 heavy (non-hydrogen) atoms. The number of aromatic amines is 1. The highest BCUT2D eigenvalue weighted by Gasteiger charge is 2.31. The molecule has 2 aliphatic rings. The van der Waals surface area contributed by atoms with Crippen molar-refractivity contribution in [3.05, 3.63) is 35.0 Å². The third-order valence-corrected chi connectivity index (χ3v) is 4.57. The molecule has 7 heteroatoms. The van der Waals surface area contributed by atoms with Crippen LogP contribution in [0.25, 0.3) is 0 Å². The fourth-order valence-corrected chi connectivity index (χ4v) is 3.13. The summed E-state index contributed by atoms with van der Waals surface area (Å²) in [7, 11) is 1.34. The maximum Gasteiger partial charge on any atom is 0.358 e. The Hall–Kier alpha value is -2.44. The lowest BCUT2D eigenvalue weighted by Gasteiger charge is -2.20. The van der Waals surface area contributed by atoms with Gasteiger partial charge in [-0.25, -0.2) is 14.8 Å². The molecule has 0 bridgehead atoms. The second-order valence-electron chi connectivity index (χ2n) is 6.08. The number of anilines is 1. The second kappa shape index (κ2) is 5.64. The molecular weight excluding hydrogens is 294 g/mol. The van der Waals surface area contributed by atoms with E-state index in [9.17, 15) is 4.79 Å². The Balaban J connectivity index is 1.50. The van der Waals surface area contributed by atoms with Gasteiger partial charge in [0.25, 0.3) is 0 Å². The molecule has 1 aliphatic heterocycles. The smallest absolute Gasteiger partial charge is 0.358 e. The molecule has 1 N–H and O–H groups in total. The predicted octanol–water partition coefficient (Wildman–Crippen LogP) is 1.47.